The number of nitrogens with one attached hydrogen (secondary N) is 2. The van der Waals surface area contributed by atoms with Crippen molar-refractivity contribution in [3.05, 3.63) is 63.1 Å². The Morgan fingerprint density at radius 2 is 2.14 bits per heavy atom. The first-order valence-electron chi connectivity index (χ1n) is 6.27. The molecule has 1 amide bonds. The third-order valence-electron chi connectivity index (χ3n) is 2.94. The molecule has 0 fully saturated rings. The van der Waals surface area contributed by atoms with Crippen molar-refractivity contribution in [1.82, 2.24) is 15.3 Å². The number of amides is 1. The molecule has 0 atom stereocenters. The molecule has 0 spiro atoms. The predicted octanol–water partition coefficient (Wildman–Crippen LogP) is 1.75. The van der Waals surface area contributed by atoms with Crippen LogP contribution in [0.2, 0.25) is 0 Å². The third kappa shape index (κ3) is 3.42. The van der Waals surface area contributed by atoms with Gasteiger partial charge in [-0.15, -0.1) is 0 Å². The molecule has 0 saturated heterocycles. The highest BCUT2D eigenvalue weighted by atomic mass is 19.1. The van der Waals surface area contributed by atoms with Gasteiger partial charge in [0.1, 0.15) is 17.2 Å². The summed E-state index contributed by atoms with van der Waals surface area (Å²) in [6.45, 7) is 1.79. The lowest BCUT2D eigenvalue weighted by Crippen LogP contribution is -2.27. The van der Waals surface area contributed by atoms with Crippen LogP contribution in [-0.4, -0.2) is 22.9 Å². The van der Waals surface area contributed by atoms with Crippen LogP contribution >= 0.6 is 0 Å². The second kappa shape index (κ2) is 6.13. The van der Waals surface area contributed by atoms with E-state index in [0.29, 0.717) is 5.82 Å². The summed E-state index contributed by atoms with van der Waals surface area (Å²) in [5.74, 6) is -0.476. The van der Waals surface area contributed by atoms with Crippen molar-refractivity contribution >= 4 is 18.1 Å². The summed E-state index contributed by atoms with van der Waals surface area (Å²) in [4.78, 5) is 29.6. The molecule has 0 unspecified atom stereocenters. The Balaban J connectivity index is 2.28. The second-order valence-corrected chi connectivity index (χ2v) is 4.42. The maximum absolute atomic E-state index is 13.0. The highest BCUT2D eigenvalue weighted by Gasteiger charge is 2.08. The van der Waals surface area contributed by atoms with E-state index in [4.69, 9.17) is 0 Å². The maximum Gasteiger partial charge on any atom is 0.263 e. The number of nitrogens with zero attached hydrogens (tertiary/aromatic N) is 1. The molecule has 0 aliphatic rings. The smallest absolute Gasteiger partial charge is 0.263 e. The first kappa shape index (κ1) is 14.6. The van der Waals surface area contributed by atoms with Gasteiger partial charge in [0.2, 0.25) is 0 Å². The number of carbonyl (C=O) groups excluding carboxylic acids is 1. The number of benzene rings is 1. The van der Waals surface area contributed by atoms with Crippen LogP contribution in [-0.2, 0) is 0 Å². The number of hydrogen-bond acceptors (Lipinski definition) is 3. The molecule has 21 heavy (non-hydrogen) atoms. The van der Waals surface area contributed by atoms with Crippen LogP contribution in [0.1, 0.15) is 27.3 Å². The second-order valence-electron chi connectivity index (χ2n) is 4.42. The Bertz CT molecular complexity index is 766. The number of H-pyrrole nitrogens is 1. The Hall–Kier alpha value is -2.76. The van der Waals surface area contributed by atoms with E-state index >= 15 is 0 Å². The standard InChI is InChI=1S/C15H14FN3O2/c1-9-7-11(16)5-3-10(9)4-6-13-18-8-12(14(20)17-2)15(21)19-13/h3-8H,1-2H3,(H,17,20)(H,18,19,21). The number of aromatic amines is 1. The summed E-state index contributed by atoms with van der Waals surface area (Å²) in [6.07, 6.45) is 4.52. The van der Waals surface area contributed by atoms with Crippen LogP contribution in [0.5, 0.6) is 0 Å². The van der Waals surface area contributed by atoms with E-state index in [1.165, 1.54) is 25.4 Å². The average Bonchev–Trinajstić information content (AvgIpc) is 2.45. The highest BCUT2D eigenvalue weighted by molar-refractivity contribution is 5.93. The van der Waals surface area contributed by atoms with Crippen molar-refractivity contribution in [1.29, 1.82) is 0 Å². The fourth-order valence-corrected chi connectivity index (χ4v) is 1.78. The molecule has 0 radical (unpaired) electrons. The molecule has 1 heterocycles. The van der Waals surface area contributed by atoms with Crippen molar-refractivity contribution in [2.75, 3.05) is 7.05 Å². The molecule has 108 valence electrons. The van der Waals surface area contributed by atoms with Gasteiger partial charge in [-0.25, -0.2) is 9.37 Å². The molecule has 2 rings (SSSR count). The van der Waals surface area contributed by atoms with E-state index in [2.05, 4.69) is 15.3 Å². The van der Waals surface area contributed by atoms with E-state index in [-0.39, 0.29) is 11.4 Å². The van der Waals surface area contributed by atoms with Gasteiger partial charge in [0.05, 0.1) is 0 Å². The van der Waals surface area contributed by atoms with Gasteiger partial charge >= 0.3 is 0 Å². The summed E-state index contributed by atoms with van der Waals surface area (Å²) in [6, 6.07) is 4.42. The fourth-order valence-electron chi connectivity index (χ4n) is 1.78. The topological polar surface area (TPSA) is 74.8 Å². The van der Waals surface area contributed by atoms with E-state index in [1.807, 2.05) is 0 Å². The number of rotatable bonds is 3. The lowest BCUT2D eigenvalue weighted by Gasteiger charge is -2.01. The minimum absolute atomic E-state index is 0.0485. The summed E-state index contributed by atoms with van der Waals surface area (Å²) in [7, 11) is 1.44. The normalized spacial score (nSPS) is 10.8. The largest absolute Gasteiger partial charge is 0.355 e. The third-order valence-corrected chi connectivity index (χ3v) is 2.94. The quantitative estimate of drug-likeness (QED) is 0.903. The minimum Gasteiger partial charge on any atom is -0.355 e. The molecule has 0 saturated carbocycles. The van der Waals surface area contributed by atoms with Crippen LogP contribution in [0.3, 0.4) is 0 Å². The number of halogens is 1. The van der Waals surface area contributed by atoms with Crippen LogP contribution < -0.4 is 10.9 Å². The van der Waals surface area contributed by atoms with Crippen molar-refractivity contribution in [2.24, 2.45) is 0 Å². The molecular weight excluding hydrogens is 273 g/mol. The van der Waals surface area contributed by atoms with Gasteiger partial charge in [-0.2, -0.15) is 0 Å². The van der Waals surface area contributed by atoms with Crippen molar-refractivity contribution in [2.45, 2.75) is 6.92 Å². The number of aromatic nitrogens is 2. The molecule has 6 heteroatoms. The zero-order valence-electron chi connectivity index (χ0n) is 11.6. The summed E-state index contributed by atoms with van der Waals surface area (Å²) < 4.78 is 13.0. The van der Waals surface area contributed by atoms with Crippen molar-refractivity contribution in [3.63, 3.8) is 0 Å². The molecule has 1 aromatic carbocycles. The van der Waals surface area contributed by atoms with Gasteiger partial charge in [0.25, 0.3) is 11.5 Å². The van der Waals surface area contributed by atoms with E-state index in [9.17, 15) is 14.0 Å². The van der Waals surface area contributed by atoms with Crippen LogP contribution in [0.25, 0.3) is 12.2 Å². The van der Waals surface area contributed by atoms with Crippen molar-refractivity contribution < 1.29 is 9.18 Å². The van der Waals surface area contributed by atoms with Gasteiger partial charge in [-0.3, -0.25) is 9.59 Å². The maximum atomic E-state index is 13.0. The number of carbonyl (C=O) groups is 1. The first-order valence-corrected chi connectivity index (χ1v) is 6.27. The Kier molecular flexibility index (Phi) is 4.27. The lowest BCUT2D eigenvalue weighted by molar-refractivity contribution is 0.0961. The molecule has 2 N–H and O–H groups in total. The molecule has 5 nitrogen and oxygen atoms in total. The fraction of sp³-hybridized carbons (Fsp3) is 0.133. The van der Waals surface area contributed by atoms with Gasteiger partial charge in [0, 0.05) is 13.2 Å². The molecule has 0 bridgehead atoms. The summed E-state index contributed by atoms with van der Waals surface area (Å²) in [5.41, 5.74) is 1.03. The van der Waals surface area contributed by atoms with E-state index in [0.717, 1.165) is 11.1 Å². The summed E-state index contributed by atoms with van der Waals surface area (Å²) in [5, 5.41) is 2.36. The predicted molar refractivity (Wildman–Crippen MR) is 78.3 cm³/mol. The molecule has 0 aliphatic carbocycles. The molecular formula is C15H14FN3O2. The van der Waals surface area contributed by atoms with Crippen LogP contribution in [0.4, 0.5) is 4.39 Å². The number of hydrogen-bond donors (Lipinski definition) is 2. The Morgan fingerprint density at radius 1 is 1.38 bits per heavy atom. The summed E-state index contributed by atoms with van der Waals surface area (Å²) >= 11 is 0. The Morgan fingerprint density at radius 3 is 2.76 bits per heavy atom. The average molecular weight is 287 g/mol. The van der Waals surface area contributed by atoms with Crippen molar-refractivity contribution in [3.8, 4) is 0 Å². The van der Waals surface area contributed by atoms with Gasteiger partial charge in [-0.05, 0) is 36.3 Å². The molecule has 1 aromatic heterocycles. The highest BCUT2D eigenvalue weighted by Crippen LogP contribution is 2.12. The molecule has 2 aromatic rings. The van der Waals surface area contributed by atoms with E-state index < -0.39 is 11.5 Å². The minimum atomic E-state index is -0.514. The van der Waals surface area contributed by atoms with Gasteiger partial charge in [0.15, 0.2) is 0 Å². The van der Waals surface area contributed by atoms with E-state index in [1.54, 1.807) is 25.1 Å². The van der Waals surface area contributed by atoms with Crippen LogP contribution in [0, 0.1) is 12.7 Å². The van der Waals surface area contributed by atoms with Crippen LogP contribution in [0.15, 0.2) is 29.2 Å². The number of aryl methyl sites for hydroxylation is 1. The van der Waals surface area contributed by atoms with Gasteiger partial charge in [-0.1, -0.05) is 12.1 Å². The first-order chi connectivity index (χ1) is 10.0. The SMILES string of the molecule is CNC(=O)c1cnc(C=Cc2ccc(F)cc2C)[nH]c1=O. The Labute approximate surface area is 120 Å². The zero-order chi connectivity index (χ0) is 15.4. The monoisotopic (exact) mass is 287 g/mol. The lowest BCUT2D eigenvalue weighted by atomic mass is 10.1. The molecule has 0 aliphatic heterocycles. The zero-order valence-corrected chi connectivity index (χ0v) is 11.6. The van der Waals surface area contributed by atoms with Gasteiger partial charge < -0.3 is 10.3 Å².